The van der Waals surface area contributed by atoms with Gasteiger partial charge >= 0.3 is 5.69 Å². The maximum absolute atomic E-state index is 11.1. The van der Waals surface area contributed by atoms with E-state index in [1.54, 1.807) is 24.4 Å². The van der Waals surface area contributed by atoms with E-state index in [2.05, 4.69) is 15.3 Å². The third-order valence-electron chi connectivity index (χ3n) is 2.72. The van der Waals surface area contributed by atoms with Crippen LogP contribution in [0.3, 0.4) is 0 Å². The molecule has 2 heterocycles. The molecule has 2 aromatic rings. The van der Waals surface area contributed by atoms with E-state index >= 15 is 0 Å². The first kappa shape index (κ1) is 14.2. The molecule has 2 aromatic heterocycles. The van der Waals surface area contributed by atoms with Gasteiger partial charge in [0.25, 0.3) is 0 Å². The van der Waals surface area contributed by atoms with Gasteiger partial charge < -0.3 is 10.1 Å². The highest BCUT2D eigenvalue weighted by molar-refractivity contribution is 5.64. The van der Waals surface area contributed by atoms with Crippen LogP contribution in [0.1, 0.15) is 11.1 Å². The minimum absolute atomic E-state index is 0.0324. The van der Waals surface area contributed by atoms with Gasteiger partial charge in [-0.25, -0.2) is 9.97 Å². The molecule has 0 bridgehead atoms. The Morgan fingerprint density at radius 1 is 1.43 bits per heavy atom. The van der Waals surface area contributed by atoms with Gasteiger partial charge in [-0.15, -0.1) is 0 Å². The van der Waals surface area contributed by atoms with Crippen LogP contribution in [0.25, 0.3) is 0 Å². The molecule has 21 heavy (non-hydrogen) atoms. The third-order valence-corrected chi connectivity index (χ3v) is 2.72. The van der Waals surface area contributed by atoms with E-state index in [4.69, 9.17) is 10.00 Å². The van der Waals surface area contributed by atoms with Crippen molar-refractivity contribution in [2.45, 2.75) is 6.54 Å². The fourth-order valence-corrected chi connectivity index (χ4v) is 1.78. The van der Waals surface area contributed by atoms with Gasteiger partial charge in [-0.1, -0.05) is 6.07 Å². The highest BCUT2D eigenvalue weighted by atomic mass is 16.6. The highest BCUT2D eigenvalue weighted by Gasteiger charge is 2.21. The molecular weight excluding hydrogens is 274 g/mol. The first-order valence-corrected chi connectivity index (χ1v) is 5.92. The molecule has 0 aromatic carbocycles. The number of methoxy groups -OCH3 is 1. The van der Waals surface area contributed by atoms with Crippen LogP contribution in [-0.2, 0) is 6.54 Å². The molecule has 0 amide bonds. The molecule has 0 saturated heterocycles. The predicted molar refractivity (Wildman–Crippen MR) is 73.7 cm³/mol. The van der Waals surface area contributed by atoms with Gasteiger partial charge in [-0.05, 0) is 12.1 Å². The smallest absolute Gasteiger partial charge is 0.328 e. The van der Waals surface area contributed by atoms with Crippen LogP contribution in [0.5, 0.6) is 5.88 Å². The van der Waals surface area contributed by atoms with Crippen molar-refractivity contribution in [3.05, 3.63) is 51.8 Å². The maximum atomic E-state index is 11.1. The Hall–Kier alpha value is -3.21. The summed E-state index contributed by atoms with van der Waals surface area (Å²) in [6, 6.07) is 6.58. The van der Waals surface area contributed by atoms with Crippen LogP contribution in [0.2, 0.25) is 0 Å². The van der Waals surface area contributed by atoms with Crippen molar-refractivity contribution in [1.82, 2.24) is 9.97 Å². The van der Waals surface area contributed by atoms with E-state index in [0.29, 0.717) is 5.88 Å². The van der Waals surface area contributed by atoms with Gasteiger partial charge in [0, 0.05) is 24.5 Å². The lowest BCUT2D eigenvalue weighted by Crippen LogP contribution is -2.07. The van der Waals surface area contributed by atoms with Gasteiger partial charge in [0.1, 0.15) is 11.6 Å². The Morgan fingerprint density at radius 2 is 2.24 bits per heavy atom. The van der Waals surface area contributed by atoms with E-state index in [9.17, 15) is 10.1 Å². The first-order valence-electron chi connectivity index (χ1n) is 5.92. The number of anilines is 1. The topological polar surface area (TPSA) is 114 Å². The summed E-state index contributed by atoms with van der Waals surface area (Å²) in [6.07, 6.45) is 2.92. The molecule has 1 N–H and O–H groups in total. The summed E-state index contributed by atoms with van der Waals surface area (Å²) in [6.45, 7) is 0.236. The van der Waals surface area contributed by atoms with Crippen LogP contribution < -0.4 is 10.1 Å². The fourth-order valence-electron chi connectivity index (χ4n) is 1.78. The number of nitriles is 1. The number of nitrogens with one attached hydrogen (secondary N) is 1. The van der Waals surface area contributed by atoms with Crippen molar-refractivity contribution < 1.29 is 9.66 Å². The quantitative estimate of drug-likeness (QED) is 0.658. The van der Waals surface area contributed by atoms with Crippen LogP contribution in [0, 0.1) is 21.4 Å². The molecule has 0 fully saturated rings. The van der Waals surface area contributed by atoms with Crippen LogP contribution in [0.15, 0.2) is 30.6 Å². The zero-order valence-corrected chi connectivity index (χ0v) is 11.1. The van der Waals surface area contributed by atoms with Gasteiger partial charge in [0.05, 0.1) is 12.0 Å². The number of nitrogens with zero attached hydrogens (tertiary/aromatic N) is 4. The molecule has 8 heteroatoms. The molecule has 0 aliphatic carbocycles. The van der Waals surface area contributed by atoms with E-state index < -0.39 is 4.92 Å². The number of nitro groups is 1. The van der Waals surface area contributed by atoms with Crippen molar-refractivity contribution in [2.24, 2.45) is 0 Å². The zero-order chi connectivity index (χ0) is 15.2. The fraction of sp³-hybridized carbons (Fsp3) is 0.154. The summed E-state index contributed by atoms with van der Waals surface area (Å²) >= 11 is 0. The SMILES string of the molecule is COc1ncccc1CNc1nccc(C#N)c1[N+](=O)[O-]. The minimum Gasteiger partial charge on any atom is -0.481 e. The number of hydrogen-bond donors (Lipinski definition) is 1. The summed E-state index contributed by atoms with van der Waals surface area (Å²) in [5.41, 5.74) is 0.331. The van der Waals surface area contributed by atoms with Crippen molar-refractivity contribution in [2.75, 3.05) is 12.4 Å². The monoisotopic (exact) mass is 285 g/mol. The van der Waals surface area contributed by atoms with Gasteiger partial charge in [-0.2, -0.15) is 5.26 Å². The standard InChI is InChI=1S/C13H11N5O3/c1-21-13-10(3-2-5-16-13)8-17-12-11(18(19)20)9(7-14)4-6-15-12/h2-6H,8H2,1H3,(H,15,17). The Bertz CT molecular complexity index is 711. The average Bonchev–Trinajstić information content (AvgIpc) is 2.52. The predicted octanol–water partition coefficient (Wildman–Crippen LogP) is 1.88. The number of pyridine rings is 2. The summed E-state index contributed by atoms with van der Waals surface area (Å²) in [7, 11) is 1.49. The summed E-state index contributed by atoms with van der Waals surface area (Å²) in [5.74, 6) is 0.453. The lowest BCUT2D eigenvalue weighted by molar-refractivity contribution is -0.384. The second kappa shape index (κ2) is 6.29. The molecule has 0 unspecified atom stereocenters. The normalized spacial score (nSPS) is 9.71. The summed E-state index contributed by atoms with van der Waals surface area (Å²) < 4.78 is 5.10. The van der Waals surface area contributed by atoms with E-state index in [0.717, 1.165) is 5.56 Å². The summed E-state index contributed by atoms with van der Waals surface area (Å²) in [4.78, 5) is 18.4. The maximum Gasteiger partial charge on any atom is 0.328 e. The van der Waals surface area contributed by atoms with Crippen molar-refractivity contribution in [3.63, 3.8) is 0 Å². The summed E-state index contributed by atoms with van der Waals surface area (Å²) in [5, 5.41) is 22.8. The second-order valence-electron chi connectivity index (χ2n) is 3.95. The molecule has 0 radical (unpaired) electrons. The Kier molecular flexibility index (Phi) is 4.26. The second-order valence-corrected chi connectivity index (χ2v) is 3.95. The van der Waals surface area contributed by atoms with Crippen molar-refractivity contribution in [3.8, 4) is 11.9 Å². The van der Waals surface area contributed by atoms with Crippen LogP contribution in [-0.4, -0.2) is 22.0 Å². The van der Waals surface area contributed by atoms with Gasteiger partial charge in [0.2, 0.25) is 11.7 Å². The molecule has 0 aliphatic heterocycles. The van der Waals surface area contributed by atoms with E-state index in [1.165, 1.54) is 19.4 Å². The zero-order valence-electron chi connectivity index (χ0n) is 11.1. The molecule has 106 valence electrons. The number of ether oxygens (including phenoxy) is 1. The Balaban J connectivity index is 2.29. The number of aromatic nitrogens is 2. The molecule has 0 aliphatic rings. The largest absolute Gasteiger partial charge is 0.481 e. The van der Waals surface area contributed by atoms with Gasteiger partial charge in [-0.3, -0.25) is 10.1 Å². The third kappa shape index (κ3) is 3.03. The molecule has 0 atom stereocenters. The van der Waals surface area contributed by atoms with Crippen molar-refractivity contribution >= 4 is 11.5 Å². The van der Waals surface area contributed by atoms with Crippen LogP contribution in [0.4, 0.5) is 11.5 Å². The molecule has 2 rings (SSSR count). The molecule has 0 spiro atoms. The number of hydrogen-bond acceptors (Lipinski definition) is 7. The Labute approximate surface area is 120 Å². The first-order chi connectivity index (χ1) is 10.2. The highest BCUT2D eigenvalue weighted by Crippen LogP contribution is 2.26. The molecule has 8 nitrogen and oxygen atoms in total. The van der Waals surface area contributed by atoms with E-state index in [-0.39, 0.29) is 23.6 Å². The van der Waals surface area contributed by atoms with Crippen LogP contribution >= 0.6 is 0 Å². The molecular formula is C13H11N5O3. The average molecular weight is 285 g/mol. The van der Waals surface area contributed by atoms with E-state index in [1.807, 2.05) is 0 Å². The lowest BCUT2D eigenvalue weighted by Gasteiger charge is -2.09. The van der Waals surface area contributed by atoms with Crippen molar-refractivity contribution in [1.29, 1.82) is 5.26 Å². The Morgan fingerprint density at radius 3 is 2.90 bits per heavy atom. The molecule has 0 saturated carbocycles. The minimum atomic E-state index is -0.631. The lowest BCUT2D eigenvalue weighted by atomic mass is 10.2. The van der Waals surface area contributed by atoms with Gasteiger partial charge in [0.15, 0.2) is 0 Å². The number of rotatable bonds is 5.